The predicted molar refractivity (Wildman–Crippen MR) is 153 cm³/mol. The number of nitrogens with zero attached hydrogens (tertiary/aromatic N) is 1. The third-order valence-electron chi connectivity index (χ3n) is 6.35. The van der Waals surface area contributed by atoms with Crippen molar-refractivity contribution in [2.24, 2.45) is 0 Å². The van der Waals surface area contributed by atoms with Gasteiger partial charge in [0.15, 0.2) is 0 Å². The Hall–Kier alpha value is -3.44. The smallest absolute Gasteiger partial charge is 0.123 e. The van der Waals surface area contributed by atoms with E-state index in [1.807, 2.05) is 36.4 Å². The van der Waals surface area contributed by atoms with E-state index in [1.165, 1.54) is 24.8 Å². The first-order valence-electron chi connectivity index (χ1n) is 13.1. The van der Waals surface area contributed by atoms with Gasteiger partial charge in [-0.15, -0.1) is 0 Å². The number of unbranched alkanes of at least 4 members (excludes halogenated alkanes) is 3. The fraction of sp³-hybridized carbons (Fsp3) is 0.375. The van der Waals surface area contributed by atoms with Crippen molar-refractivity contribution in [3.63, 3.8) is 0 Å². The predicted octanol–water partition coefficient (Wildman–Crippen LogP) is 7.34. The number of hydrogen-bond acceptors (Lipinski definition) is 5. The third-order valence-corrected chi connectivity index (χ3v) is 6.35. The van der Waals surface area contributed by atoms with E-state index in [1.54, 1.807) is 21.3 Å². The highest BCUT2D eigenvalue weighted by molar-refractivity contribution is 5.71. The summed E-state index contributed by atoms with van der Waals surface area (Å²) >= 11 is 0. The van der Waals surface area contributed by atoms with Crippen LogP contribution in [0, 0.1) is 0 Å². The van der Waals surface area contributed by atoms with Crippen LogP contribution < -0.4 is 18.9 Å². The summed E-state index contributed by atoms with van der Waals surface area (Å²) in [6, 6.07) is 22.4. The van der Waals surface area contributed by atoms with Crippen molar-refractivity contribution < 1.29 is 18.9 Å². The zero-order valence-corrected chi connectivity index (χ0v) is 22.7. The lowest BCUT2D eigenvalue weighted by Crippen LogP contribution is -2.24. The standard InChI is InChI=1S/C32H41NO4/c1-5-33(25-28-11-10-12-30(23-28)34-2)19-8-6-7-9-20-37-29-17-15-26(16-18-29)13-14-27-21-31(35-3)24-32(22-27)36-4/h10-18,21-24H,5-9,19-20,25H2,1-4H3/b14-13+. The van der Waals surface area contributed by atoms with Gasteiger partial charge in [-0.05, 0) is 79.0 Å². The van der Waals surface area contributed by atoms with Crippen molar-refractivity contribution in [2.75, 3.05) is 41.0 Å². The van der Waals surface area contributed by atoms with E-state index in [9.17, 15) is 0 Å². The molecule has 0 aromatic heterocycles. The van der Waals surface area contributed by atoms with E-state index in [2.05, 4.69) is 54.3 Å². The number of ether oxygens (including phenoxy) is 4. The van der Waals surface area contributed by atoms with Crippen LogP contribution in [0.4, 0.5) is 0 Å². The SMILES string of the molecule is CCN(CCCCCCOc1ccc(/C=C/c2cc(OC)cc(OC)c2)cc1)Cc1cccc(OC)c1. The van der Waals surface area contributed by atoms with Gasteiger partial charge in [-0.1, -0.05) is 56.2 Å². The van der Waals surface area contributed by atoms with E-state index in [0.717, 1.165) is 66.8 Å². The Kier molecular flexibility index (Phi) is 11.9. The van der Waals surface area contributed by atoms with E-state index in [4.69, 9.17) is 18.9 Å². The number of benzene rings is 3. The van der Waals surface area contributed by atoms with Gasteiger partial charge in [-0.25, -0.2) is 0 Å². The van der Waals surface area contributed by atoms with E-state index in [0.29, 0.717) is 0 Å². The molecule has 0 aliphatic rings. The van der Waals surface area contributed by atoms with Crippen molar-refractivity contribution in [1.29, 1.82) is 0 Å². The molecule has 0 saturated carbocycles. The summed E-state index contributed by atoms with van der Waals surface area (Å²) in [7, 11) is 5.04. The monoisotopic (exact) mass is 503 g/mol. The van der Waals surface area contributed by atoms with Crippen LogP contribution in [-0.4, -0.2) is 45.9 Å². The summed E-state index contributed by atoms with van der Waals surface area (Å²) in [5.74, 6) is 3.39. The molecule has 0 radical (unpaired) electrons. The maximum Gasteiger partial charge on any atom is 0.123 e. The summed E-state index contributed by atoms with van der Waals surface area (Å²) in [5, 5.41) is 0. The molecule has 5 heteroatoms. The highest BCUT2D eigenvalue weighted by Crippen LogP contribution is 2.24. The van der Waals surface area contributed by atoms with Crippen LogP contribution in [0.1, 0.15) is 49.3 Å². The molecule has 0 heterocycles. The summed E-state index contributed by atoms with van der Waals surface area (Å²) in [4.78, 5) is 2.49. The molecule has 0 bridgehead atoms. The van der Waals surface area contributed by atoms with Gasteiger partial charge in [0, 0.05) is 12.6 Å². The summed E-state index contributed by atoms with van der Waals surface area (Å²) in [6.45, 7) is 6.12. The largest absolute Gasteiger partial charge is 0.497 e. The van der Waals surface area contributed by atoms with E-state index in [-0.39, 0.29) is 0 Å². The molecular weight excluding hydrogens is 462 g/mol. The zero-order valence-electron chi connectivity index (χ0n) is 22.7. The van der Waals surface area contributed by atoms with Crippen LogP contribution in [0.2, 0.25) is 0 Å². The summed E-state index contributed by atoms with van der Waals surface area (Å²) in [6.07, 6.45) is 8.81. The molecule has 37 heavy (non-hydrogen) atoms. The Balaban J connectivity index is 1.33. The second kappa shape index (κ2) is 15.6. The van der Waals surface area contributed by atoms with Crippen LogP contribution in [0.15, 0.2) is 66.7 Å². The molecular formula is C32H41NO4. The molecule has 3 aromatic carbocycles. The summed E-state index contributed by atoms with van der Waals surface area (Å²) < 4.78 is 22.0. The van der Waals surface area contributed by atoms with Gasteiger partial charge in [0.25, 0.3) is 0 Å². The molecule has 0 saturated heterocycles. The quantitative estimate of drug-likeness (QED) is 0.151. The highest BCUT2D eigenvalue weighted by Gasteiger charge is 2.05. The molecule has 0 aliphatic carbocycles. The molecule has 0 aliphatic heterocycles. The van der Waals surface area contributed by atoms with Gasteiger partial charge >= 0.3 is 0 Å². The van der Waals surface area contributed by atoms with Crippen molar-refractivity contribution in [3.8, 4) is 23.0 Å². The van der Waals surface area contributed by atoms with E-state index < -0.39 is 0 Å². The molecule has 0 unspecified atom stereocenters. The molecule has 3 aromatic rings. The summed E-state index contributed by atoms with van der Waals surface area (Å²) in [5.41, 5.74) is 3.44. The number of hydrogen-bond donors (Lipinski definition) is 0. The second-order valence-electron chi connectivity index (χ2n) is 9.03. The minimum atomic E-state index is 0.750. The maximum atomic E-state index is 5.95. The van der Waals surface area contributed by atoms with Crippen LogP contribution in [-0.2, 0) is 6.54 Å². The Morgan fingerprint density at radius 1 is 0.649 bits per heavy atom. The lowest BCUT2D eigenvalue weighted by Gasteiger charge is -2.20. The first kappa shape index (κ1) is 28.1. The van der Waals surface area contributed by atoms with Gasteiger partial charge in [0.2, 0.25) is 0 Å². The van der Waals surface area contributed by atoms with Crippen molar-refractivity contribution in [2.45, 2.75) is 39.2 Å². The molecule has 0 N–H and O–H groups in total. The maximum absolute atomic E-state index is 5.95. The molecule has 5 nitrogen and oxygen atoms in total. The van der Waals surface area contributed by atoms with Gasteiger partial charge in [-0.3, -0.25) is 4.90 Å². The average molecular weight is 504 g/mol. The number of methoxy groups -OCH3 is 3. The van der Waals surface area contributed by atoms with Crippen molar-refractivity contribution >= 4 is 12.2 Å². The van der Waals surface area contributed by atoms with Crippen LogP contribution in [0.25, 0.3) is 12.2 Å². The topological polar surface area (TPSA) is 40.2 Å². The van der Waals surface area contributed by atoms with Gasteiger partial charge < -0.3 is 18.9 Å². The minimum Gasteiger partial charge on any atom is -0.497 e. The Labute approximate surface area is 222 Å². The highest BCUT2D eigenvalue weighted by atomic mass is 16.5. The Morgan fingerprint density at radius 3 is 2.00 bits per heavy atom. The zero-order chi connectivity index (χ0) is 26.3. The molecule has 0 spiro atoms. The fourth-order valence-electron chi connectivity index (χ4n) is 4.15. The fourth-order valence-corrected chi connectivity index (χ4v) is 4.15. The Bertz CT molecular complexity index is 1070. The minimum absolute atomic E-state index is 0.750. The second-order valence-corrected chi connectivity index (χ2v) is 9.03. The molecule has 198 valence electrons. The van der Waals surface area contributed by atoms with Crippen molar-refractivity contribution in [3.05, 3.63) is 83.4 Å². The number of rotatable bonds is 16. The molecule has 0 atom stereocenters. The van der Waals surface area contributed by atoms with Crippen LogP contribution in [0.3, 0.4) is 0 Å². The molecule has 0 fully saturated rings. The molecule has 3 rings (SSSR count). The molecule has 0 amide bonds. The normalized spacial score (nSPS) is 11.2. The lowest BCUT2D eigenvalue weighted by molar-refractivity contribution is 0.267. The third kappa shape index (κ3) is 9.85. The first-order chi connectivity index (χ1) is 18.1. The van der Waals surface area contributed by atoms with E-state index >= 15 is 0 Å². The van der Waals surface area contributed by atoms with Gasteiger partial charge in [0.1, 0.15) is 23.0 Å². The lowest BCUT2D eigenvalue weighted by atomic mass is 10.1. The Morgan fingerprint density at radius 2 is 1.32 bits per heavy atom. The van der Waals surface area contributed by atoms with Crippen molar-refractivity contribution in [1.82, 2.24) is 4.90 Å². The van der Waals surface area contributed by atoms with Gasteiger partial charge in [0.05, 0.1) is 27.9 Å². The van der Waals surface area contributed by atoms with Crippen LogP contribution in [0.5, 0.6) is 23.0 Å². The first-order valence-corrected chi connectivity index (χ1v) is 13.1. The average Bonchev–Trinajstić information content (AvgIpc) is 2.95. The van der Waals surface area contributed by atoms with Gasteiger partial charge in [-0.2, -0.15) is 0 Å². The van der Waals surface area contributed by atoms with Crippen LogP contribution >= 0.6 is 0 Å².